The van der Waals surface area contributed by atoms with Gasteiger partial charge in [-0.05, 0) is 25.1 Å². The van der Waals surface area contributed by atoms with Crippen LogP contribution in [0.1, 0.15) is 17.4 Å². The summed E-state index contributed by atoms with van der Waals surface area (Å²) in [6.45, 7) is 3.94. The summed E-state index contributed by atoms with van der Waals surface area (Å²) in [5, 5.41) is 10.9. The van der Waals surface area contributed by atoms with E-state index in [1.54, 1.807) is 11.7 Å². The molecule has 0 radical (unpaired) electrons. The fourth-order valence-corrected chi connectivity index (χ4v) is 4.33. The van der Waals surface area contributed by atoms with Gasteiger partial charge in [0.1, 0.15) is 17.2 Å². The van der Waals surface area contributed by atoms with Gasteiger partial charge < -0.3 is 19.5 Å². The van der Waals surface area contributed by atoms with E-state index in [9.17, 15) is 14.7 Å². The highest BCUT2D eigenvalue weighted by atomic mass is 32.1. The first-order chi connectivity index (χ1) is 13.0. The number of rotatable bonds is 4. The van der Waals surface area contributed by atoms with Crippen LogP contribution in [0.4, 0.5) is 5.00 Å². The number of hydrogen-bond donors (Lipinski definition) is 1. The van der Waals surface area contributed by atoms with Crippen LogP contribution < -0.4 is 4.90 Å². The third kappa shape index (κ3) is 3.25. The van der Waals surface area contributed by atoms with E-state index in [1.807, 2.05) is 45.7 Å². The summed E-state index contributed by atoms with van der Waals surface area (Å²) in [7, 11) is 0. The number of piperazine rings is 1. The van der Waals surface area contributed by atoms with Crippen LogP contribution in [-0.4, -0.2) is 62.1 Å². The van der Waals surface area contributed by atoms with Gasteiger partial charge in [-0.15, -0.1) is 11.3 Å². The number of carboxylic acid groups (broad SMARTS) is 1. The first-order valence-corrected chi connectivity index (χ1v) is 9.53. The van der Waals surface area contributed by atoms with Crippen molar-refractivity contribution in [3.05, 3.63) is 41.8 Å². The van der Waals surface area contributed by atoms with E-state index in [0.717, 1.165) is 11.0 Å². The number of amides is 1. The minimum Gasteiger partial charge on any atom is -0.476 e. The van der Waals surface area contributed by atoms with Crippen molar-refractivity contribution in [2.24, 2.45) is 0 Å². The van der Waals surface area contributed by atoms with Crippen LogP contribution in [-0.2, 0) is 11.3 Å². The molecule has 8 nitrogen and oxygen atoms in total. The van der Waals surface area contributed by atoms with Crippen LogP contribution in [0, 0.1) is 0 Å². The van der Waals surface area contributed by atoms with Crippen LogP contribution in [0.25, 0.3) is 11.0 Å². The van der Waals surface area contributed by atoms with E-state index >= 15 is 0 Å². The summed E-state index contributed by atoms with van der Waals surface area (Å²) in [5.74, 6) is -0.988. The van der Waals surface area contributed by atoms with Gasteiger partial charge in [-0.1, -0.05) is 0 Å². The van der Waals surface area contributed by atoms with Crippen molar-refractivity contribution in [2.45, 2.75) is 19.5 Å². The average molecular weight is 385 g/mol. The zero-order valence-corrected chi connectivity index (χ0v) is 15.6. The number of pyridine rings is 1. The molecule has 0 saturated carbocycles. The molecular formula is C18H19N5O3S. The lowest BCUT2D eigenvalue weighted by Crippen LogP contribution is -2.54. The minimum atomic E-state index is -1.02. The monoisotopic (exact) mass is 385 g/mol. The Kier molecular flexibility index (Phi) is 4.53. The maximum absolute atomic E-state index is 12.8. The Morgan fingerprint density at radius 1 is 1.30 bits per heavy atom. The second-order valence-electron chi connectivity index (χ2n) is 6.55. The fraction of sp³-hybridized carbons (Fsp3) is 0.333. The van der Waals surface area contributed by atoms with Crippen molar-refractivity contribution < 1.29 is 14.7 Å². The normalized spacial score (nSPS) is 17.4. The Morgan fingerprint density at radius 3 is 2.93 bits per heavy atom. The van der Waals surface area contributed by atoms with Crippen molar-refractivity contribution in [3.8, 4) is 0 Å². The number of thiazole rings is 1. The van der Waals surface area contributed by atoms with Gasteiger partial charge in [0.15, 0.2) is 5.69 Å². The number of nitrogens with zero attached hydrogens (tertiary/aromatic N) is 5. The predicted octanol–water partition coefficient (Wildman–Crippen LogP) is 1.93. The first-order valence-electron chi connectivity index (χ1n) is 8.65. The molecule has 0 spiro atoms. The number of carboxylic acids is 1. The van der Waals surface area contributed by atoms with Crippen LogP contribution in [0.15, 0.2) is 36.1 Å². The molecule has 4 rings (SSSR count). The zero-order chi connectivity index (χ0) is 19.0. The summed E-state index contributed by atoms with van der Waals surface area (Å²) in [6.07, 6.45) is 3.60. The molecule has 1 aliphatic rings. The maximum Gasteiger partial charge on any atom is 0.357 e. The maximum atomic E-state index is 12.8. The Hall–Kier alpha value is -2.94. The van der Waals surface area contributed by atoms with Gasteiger partial charge in [-0.25, -0.2) is 14.8 Å². The van der Waals surface area contributed by atoms with E-state index in [1.165, 1.54) is 11.3 Å². The quantitative estimate of drug-likeness (QED) is 0.738. The summed E-state index contributed by atoms with van der Waals surface area (Å²) >= 11 is 1.32. The van der Waals surface area contributed by atoms with Crippen LogP contribution in [0.2, 0.25) is 0 Å². The van der Waals surface area contributed by atoms with Gasteiger partial charge in [0, 0.05) is 43.5 Å². The Balaban J connectivity index is 1.46. The molecule has 3 aromatic rings. The van der Waals surface area contributed by atoms with Crippen molar-refractivity contribution in [1.29, 1.82) is 0 Å². The topological polar surface area (TPSA) is 91.6 Å². The van der Waals surface area contributed by atoms with Gasteiger partial charge in [0.2, 0.25) is 5.91 Å². The molecule has 1 saturated heterocycles. The second kappa shape index (κ2) is 6.99. The highest BCUT2D eigenvalue weighted by Gasteiger charge is 2.30. The van der Waals surface area contributed by atoms with Gasteiger partial charge >= 0.3 is 5.97 Å². The number of anilines is 1. The van der Waals surface area contributed by atoms with E-state index in [4.69, 9.17) is 0 Å². The first kappa shape index (κ1) is 17.5. The van der Waals surface area contributed by atoms with Crippen molar-refractivity contribution in [2.75, 3.05) is 24.5 Å². The third-order valence-electron chi connectivity index (χ3n) is 4.81. The Labute approximate surface area is 159 Å². The summed E-state index contributed by atoms with van der Waals surface area (Å²) in [6, 6.07) is 5.78. The van der Waals surface area contributed by atoms with Gasteiger partial charge in [-0.2, -0.15) is 0 Å². The van der Waals surface area contributed by atoms with Gasteiger partial charge in [-0.3, -0.25) is 4.79 Å². The van der Waals surface area contributed by atoms with E-state index < -0.39 is 5.97 Å². The van der Waals surface area contributed by atoms with Gasteiger partial charge in [0.05, 0.1) is 5.51 Å². The molecule has 1 unspecified atom stereocenters. The highest BCUT2D eigenvalue weighted by Crippen LogP contribution is 2.28. The van der Waals surface area contributed by atoms with Gasteiger partial charge in [0.25, 0.3) is 0 Å². The molecule has 3 aromatic heterocycles. The molecule has 4 heterocycles. The highest BCUT2D eigenvalue weighted by molar-refractivity contribution is 7.14. The van der Waals surface area contributed by atoms with Crippen LogP contribution >= 0.6 is 11.3 Å². The number of carbonyl (C=O) groups excluding carboxylic acids is 1. The smallest absolute Gasteiger partial charge is 0.357 e. The van der Waals surface area contributed by atoms with Crippen LogP contribution in [0.5, 0.6) is 0 Å². The molecule has 140 valence electrons. The largest absolute Gasteiger partial charge is 0.476 e. The lowest BCUT2D eigenvalue weighted by Gasteiger charge is -2.40. The molecule has 27 heavy (non-hydrogen) atoms. The number of carbonyl (C=O) groups is 2. The molecule has 0 bridgehead atoms. The number of hydrogen-bond acceptors (Lipinski definition) is 6. The second-order valence-corrected chi connectivity index (χ2v) is 7.39. The Morgan fingerprint density at radius 2 is 2.15 bits per heavy atom. The third-order valence-corrected chi connectivity index (χ3v) is 5.70. The summed E-state index contributed by atoms with van der Waals surface area (Å²) in [5.41, 5.74) is 2.43. The van der Waals surface area contributed by atoms with Crippen molar-refractivity contribution in [3.63, 3.8) is 0 Å². The van der Waals surface area contributed by atoms with Crippen molar-refractivity contribution >= 4 is 39.2 Å². The molecule has 1 N–H and O–H groups in total. The molecular weight excluding hydrogens is 366 g/mol. The number of aromatic nitrogens is 3. The minimum absolute atomic E-state index is 0.0234. The molecule has 1 atom stereocenters. The molecule has 9 heteroatoms. The fourth-order valence-electron chi connectivity index (χ4n) is 3.51. The SMILES string of the molecule is CC1CN(c2scnc2C(=O)O)CCN1C(=O)Cn1ccc2cccnc21. The lowest BCUT2D eigenvalue weighted by molar-refractivity contribution is -0.134. The summed E-state index contributed by atoms with van der Waals surface area (Å²) in [4.78, 5) is 36.3. The van der Waals surface area contributed by atoms with E-state index in [2.05, 4.69) is 9.97 Å². The predicted molar refractivity (Wildman–Crippen MR) is 102 cm³/mol. The average Bonchev–Trinajstić information content (AvgIpc) is 3.29. The molecule has 0 aromatic carbocycles. The van der Waals surface area contributed by atoms with E-state index in [0.29, 0.717) is 24.6 Å². The van der Waals surface area contributed by atoms with Crippen molar-refractivity contribution in [1.82, 2.24) is 19.4 Å². The molecule has 1 fully saturated rings. The number of fused-ring (bicyclic) bond motifs is 1. The molecule has 0 aliphatic carbocycles. The zero-order valence-electron chi connectivity index (χ0n) is 14.8. The molecule has 1 aliphatic heterocycles. The van der Waals surface area contributed by atoms with Crippen LogP contribution in [0.3, 0.4) is 0 Å². The lowest BCUT2D eigenvalue weighted by atomic mass is 10.2. The molecule has 1 amide bonds. The number of aromatic carboxylic acids is 1. The van der Waals surface area contributed by atoms with E-state index in [-0.39, 0.29) is 24.2 Å². The Bertz CT molecular complexity index is 998. The summed E-state index contributed by atoms with van der Waals surface area (Å²) < 4.78 is 1.86. The standard InChI is InChI=1S/C18H19N5O3S/c1-12-9-22(17-15(18(25)26)20-11-27-17)7-8-23(12)14(24)10-21-6-4-13-3-2-5-19-16(13)21/h2-6,11-12H,7-10H2,1H3,(H,25,26).